The van der Waals surface area contributed by atoms with Gasteiger partial charge in [0.2, 0.25) is 5.91 Å². The fourth-order valence-corrected chi connectivity index (χ4v) is 2.36. The number of hydrogen-bond acceptors (Lipinski definition) is 4. The Labute approximate surface area is 134 Å². The Kier molecular flexibility index (Phi) is 4.78. The van der Waals surface area contributed by atoms with E-state index in [9.17, 15) is 9.59 Å². The van der Waals surface area contributed by atoms with Crippen molar-refractivity contribution in [3.05, 3.63) is 40.7 Å². The summed E-state index contributed by atoms with van der Waals surface area (Å²) in [5.41, 5.74) is 3.06. The van der Waals surface area contributed by atoms with E-state index in [1.807, 2.05) is 45.9 Å². The van der Waals surface area contributed by atoms with E-state index in [0.29, 0.717) is 5.69 Å². The maximum absolute atomic E-state index is 12.3. The molecule has 0 aliphatic heterocycles. The second-order valence-electron chi connectivity index (χ2n) is 5.81. The highest BCUT2D eigenvalue weighted by Gasteiger charge is 2.22. The topological polar surface area (TPSA) is 97.1 Å². The van der Waals surface area contributed by atoms with Crippen molar-refractivity contribution in [1.29, 1.82) is 0 Å². The van der Waals surface area contributed by atoms with Gasteiger partial charge in [0.25, 0.3) is 0 Å². The quantitative estimate of drug-likeness (QED) is 0.882. The van der Waals surface area contributed by atoms with Crippen molar-refractivity contribution >= 4 is 17.6 Å². The first kappa shape index (κ1) is 16.7. The van der Waals surface area contributed by atoms with Gasteiger partial charge in [0.1, 0.15) is 6.54 Å². The number of carbonyl (C=O) groups is 2. The number of nitrogens with one attached hydrogen (secondary N) is 1. The van der Waals surface area contributed by atoms with E-state index >= 15 is 0 Å². The number of aromatic nitrogens is 3. The number of aryl methyl sites for hydroxylation is 2. The molecule has 0 radical (unpaired) electrons. The number of aromatic carboxylic acids is 1. The van der Waals surface area contributed by atoms with Crippen LogP contribution < -0.4 is 5.32 Å². The molecule has 0 aliphatic carbocycles. The van der Waals surface area contributed by atoms with E-state index in [1.54, 1.807) is 0 Å². The minimum absolute atomic E-state index is 0.0822. The van der Waals surface area contributed by atoms with E-state index < -0.39 is 5.97 Å². The summed E-state index contributed by atoms with van der Waals surface area (Å²) in [5.74, 6) is -1.53. The van der Waals surface area contributed by atoms with Crippen molar-refractivity contribution in [3.63, 3.8) is 0 Å². The van der Waals surface area contributed by atoms with Gasteiger partial charge in [-0.2, -0.15) is 0 Å². The Hall–Kier alpha value is -2.70. The molecule has 23 heavy (non-hydrogen) atoms. The van der Waals surface area contributed by atoms with Gasteiger partial charge < -0.3 is 10.4 Å². The Morgan fingerprint density at radius 3 is 2.61 bits per heavy atom. The molecule has 2 aromatic rings. The summed E-state index contributed by atoms with van der Waals surface area (Å²) in [6.45, 7) is 7.45. The van der Waals surface area contributed by atoms with E-state index in [1.165, 1.54) is 4.68 Å². The molecule has 7 nitrogen and oxygen atoms in total. The van der Waals surface area contributed by atoms with E-state index in [4.69, 9.17) is 5.11 Å². The smallest absolute Gasteiger partial charge is 0.358 e. The van der Waals surface area contributed by atoms with Crippen LogP contribution in [0.25, 0.3) is 0 Å². The summed E-state index contributed by atoms with van der Waals surface area (Å²) in [6.07, 6.45) is 0. The summed E-state index contributed by atoms with van der Waals surface area (Å²) in [7, 11) is 0. The number of carbonyl (C=O) groups excluding carboxylic acids is 1. The first-order chi connectivity index (χ1) is 10.8. The van der Waals surface area contributed by atoms with Gasteiger partial charge in [-0.05, 0) is 37.0 Å². The van der Waals surface area contributed by atoms with Crippen LogP contribution in [-0.2, 0) is 11.3 Å². The standard InChI is InChI=1S/C16H20N4O3/c1-9(2)15-14(16(22)23)18-19-20(15)8-13(21)17-12-7-10(3)5-6-11(12)4/h5-7,9H,8H2,1-4H3,(H,17,21)(H,22,23). The molecular formula is C16H20N4O3. The fraction of sp³-hybridized carbons (Fsp3) is 0.375. The molecule has 0 aliphatic rings. The molecule has 0 bridgehead atoms. The van der Waals surface area contributed by atoms with Gasteiger partial charge in [-0.25, -0.2) is 9.48 Å². The minimum Gasteiger partial charge on any atom is -0.476 e. The van der Waals surface area contributed by atoms with Crippen LogP contribution >= 0.6 is 0 Å². The van der Waals surface area contributed by atoms with E-state index in [2.05, 4.69) is 15.6 Å². The highest BCUT2D eigenvalue weighted by Crippen LogP contribution is 2.19. The lowest BCUT2D eigenvalue weighted by Gasteiger charge is -2.12. The van der Waals surface area contributed by atoms with Crippen molar-refractivity contribution in [3.8, 4) is 0 Å². The maximum atomic E-state index is 12.3. The van der Waals surface area contributed by atoms with Gasteiger partial charge in [0, 0.05) is 5.69 Å². The second-order valence-corrected chi connectivity index (χ2v) is 5.81. The number of carboxylic acid groups (broad SMARTS) is 1. The summed E-state index contributed by atoms with van der Waals surface area (Å²) in [4.78, 5) is 23.4. The third-order valence-corrected chi connectivity index (χ3v) is 3.48. The molecule has 7 heteroatoms. The van der Waals surface area contributed by atoms with Gasteiger partial charge in [-0.3, -0.25) is 4.79 Å². The molecular weight excluding hydrogens is 296 g/mol. The molecule has 0 saturated heterocycles. The van der Waals surface area contributed by atoms with Gasteiger partial charge in [-0.15, -0.1) is 5.10 Å². The van der Waals surface area contributed by atoms with Crippen LogP contribution in [0.3, 0.4) is 0 Å². The third kappa shape index (κ3) is 3.74. The summed E-state index contributed by atoms with van der Waals surface area (Å²) in [5, 5.41) is 19.4. The van der Waals surface area contributed by atoms with Crippen LogP contribution in [0.15, 0.2) is 18.2 Å². The van der Waals surface area contributed by atoms with Crippen LogP contribution in [0.5, 0.6) is 0 Å². The lowest BCUT2D eigenvalue weighted by atomic mass is 10.1. The average Bonchev–Trinajstić information content (AvgIpc) is 2.86. The zero-order valence-electron chi connectivity index (χ0n) is 13.6. The van der Waals surface area contributed by atoms with Crippen molar-refractivity contribution in [2.24, 2.45) is 0 Å². The summed E-state index contributed by atoms with van der Waals surface area (Å²) in [6, 6.07) is 5.79. The molecule has 122 valence electrons. The molecule has 0 unspecified atom stereocenters. The van der Waals surface area contributed by atoms with E-state index in [-0.39, 0.29) is 24.1 Å². The lowest BCUT2D eigenvalue weighted by molar-refractivity contribution is -0.117. The molecule has 1 aromatic heterocycles. The number of amides is 1. The van der Waals surface area contributed by atoms with Gasteiger partial charge >= 0.3 is 5.97 Å². The number of rotatable bonds is 5. The molecule has 1 heterocycles. The zero-order chi connectivity index (χ0) is 17.1. The molecule has 1 aromatic carbocycles. The average molecular weight is 316 g/mol. The molecule has 0 fully saturated rings. The number of carboxylic acids is 1. The maximum Gasteiger partial charge on any atom is 0.358 e. The Bertz CT molecular complexity index is 750. The van der Waals surface area contributed by atoms with Crippen LogP contribution in [0.4, 0.5) is 5.69 Å². The number of nitrogens with zero attached hydrogens (tertiary/aromatic N) is 3. The Balaban J connectivity index is 2.21. The second kappa shape index (κ2) is 6.60. The van der Waals surface area contributed by atoms with Crippen molar-refractivity contribution in [2.75, 3.05) is 5.32 Å². The molecule has 1 amide bonds. The molecule has 2 rings (SSSR count). The zero-order valence-corrected chi connectivity index (χ0v) is 13.6. The van der Waals surface area contributed by atoms with Crippen LogP contribution in [-0.4, -0.2) is 32.0 Å². The normalized spacial score (nSPS) is 10.8. The van der Waals surface area contributed by atoms with Crippen LogP contribution in [0, 0.1) is 13.8 Å². The highest BCUT2D eigenvalue weighted by molar-refractivity contribution is 5.92. The monoisotopic (exact) mass is 316 g/mol. The highest BCUT2D eigenvalue weighted by atomic mass is 16.4. The molecule has 0 atom stereocenters. The lowest BCUT2D eigenvalue weighted by Crippen LogP contribution is -2.22. The number of anilines is 1. The Morgan fingerprint density at radius 1 is 1.30 bits per heavy atom. The minimum atomic E-state index is -1.14. The number of benzene rings is 1. The first-order valence-corrected chi connectivity index (χ1v) is 7.33. The Morgan fingerprint density at radius 2 is 2.00 bits per heavy atom. The fourth-order valence-electron chi connectivity index (χ4n) is 2.36. The predicted molar refractivity (Wildman–Crippen MR) is 85.6 cm³/mol. The molecule has 2 N–H and O–H groups in total. The number of hydrogen-bond donors (Lipinski definition) is 2. The SMILES string of the molecule is Cc1ccc(C)c(NC(=O)Cn2nnc(C(=O)O)c2C(C)C)c1. The predicted octanol–water partition coefficient (Wildman–Crippen LogP) is 2.36. The van der Waals surface area contributed by atoms with Gasteiger partial charge in [-0.1, -0.05) is 31.2 Å². The van der Waals surface area contributed by atoms with Gasteiger partial charge in [0.05, 0.1) is 5.69 Å². The summed E-state index contributed by atoms with van der Waals surface area (Å²) < 4.78 is 1.34. The van der Waals surface area contributed by atoms with E-state index in [0.717, 1.165) is 16.8 Å². The van der Waals surface area contributed by atoms with Gasteiger partial charge in [0.15, 0.2) is 5.69 Å². The first-order valence-electron chi connectivity index (χ1n) is 7.33. The molecule has 0 saturated carbocycles. The van der Waals surface area contributed by atoms with Crippen LogP contribution in [0.2, 0.25) is 0 Å². The van der Waals surface area contributed by atoms with Crippen molar-refractivity contribution in [2.45, 2.75) is 40.2 Å². The largest absolute Gasteiger partial charge is 0.476 e. The van der Waals surface area contributed by atoms with Crippen molar-refractivity contribution in [1.82, 2.24) is 15.0 Å². The summed E-state index contributed by atoms with van der Waals surface area (Å²) >= 11 is 0. The molecule has 0 spiro atoms. The van der Waals surface area contributed by atoms with Crippen molar-refractivity contribution < 1.29 is 14.7 Å². The third-order valence-electron chi connectivity index (χ3n) is 3.48. The van der Waals surface area contributed by atoms with Crippen LogP contribution in [0.1, 0.15) is 47.1 Å².